The topological polar surface area (TPSA) is 43.6 Å². The van der Waals surface area contributed by atoms with Gasteiger partial charge in [-0.15, -0.1) is 0 Å². The lowest BCUT2D eigenvalue weighted by Gasteiger charge is -1.99. The molecule has 4 nitrogen and oxygen atoms in total. The molecular weight excluding hydrogens is 168 g/mol. The number of aldehydes is 1. The van der Waals surface area contributed by atoms with Gasteiger partial charge in [0.1, 0.15) is 5.69 Å². The number of imidazole rings is 1. The van der Waals surface area contributed by atoms with Gasteiger partial charge in [-0.05, 0) is 12.1 Å². The Morgan fingerprint density at radius 1 is 1.62 bits per heavy atom. The van der Waals surface area contributed by atoms with E-state index in [-0.39, 0.29) is 0 Å². The van der Waals surface area contributed by atoms with E-state index in [2.05, 4.69) is 4.98 Å². The molecule has 4 heteroatoms. The number of fused-ring (bicyclic) bond motifs is 1. The molecule has 0 aromatic carbocycles. The van der Waals surface area contributed by atoms with E-state index in [0.717, 1.165) is 0 Å². The zero-order chi connectivity index (χ0) is 9.26. The first-order valence-electron chi connectivity index (χ1n) is 3.82. The smallest absolute Gasteiger partial charge is 0.180 e. The van der Waals surface area contributed by atoms with E-state index in [1.54, 1.807) is 23.8 Å². The van der Waals surface area contributed by atoms with Gasteiger partial charge in [0.25, 0.3) is 0 Å². The predicted molar refractivity (Wildman–Crippen MR) is 47.1 cm³/mol. The number of rotatable bonds is 2. The summed E-state index contributed by atoms with van der Waals surface area (Å²) in [5.74, 6) is 0.663. The standard InChI is InChI=1S/C9H8N2O2/c1-13-8-3-2-4-11-5-7(6-12)10-9(8)11/h2-6H,1H3. The molecule has 0 atom stereocenters. The first kappa shape index (κ1) is 7.79. The van der Waals surface area contributed by atoms with Gasteiger partial charge < -0.3 is 9.14 Å². The minimum absolute atomic E-state index is 0.407. The van der Waals surface area contributed by atoms with Gasteiger partial charge in [-0.25, -0.2) is 4.98 Å². The molecule has 0 spiro atoms. The van der Waals surface area contributed by atoms with Crippen LogP contribution < -0.4 is 4.74 Å². The second-order valence-corrected chi connectivity index (χ2v) is 2.59. The number of carbonyl (C=O) groups is 1. The average molecular weight is 176 g/mol. The molecule has 2 rings (SSSR count). The van der Waals surface area contributed by atoms with E-state index in [1.807, 2.05) is 12.3 Å². The van der Waals surface area contributed by atoms with Crippen molar-refractivity contribution < 1.29 is 9.53 Å². The summed E-state index contributed by atoms with van der Waals surface area (Å²) in [6.45, 7) is 0. The van der Waals surface area contributed by atoms with Crippen molar-refractivity contribution >= 4 is 11.9 Å². The van der Waals surface area contributed by atoms with Crippen molar-refractivity contribution in [1.82, 2.24) is 9.38 Å². The van der Waals surface area contributed by atoms with Crippen LogP contribution in [0.3, 0.4) is 0 Å². The Bertz CT molecular complexity index is 448. The van der Waals surface area contributed by atoms with Crippen LogP contribution >= 0.6 is 0 Å². The van der Waals surface area contributed by atoms with Crippen molar-refractivity contribution in [2.45, 2.75) is 0 Å². The van der Waals surface area contributed by atoms with Crippen molar-refractivity contribution in [2.24, 2.45) is 0 Å². The van der Waals surface area contributed by atoms with Crippen LogP contribution in [0.5, 0.6) is 5.75 Å². The summed E-state index contributed by atoms with van der Waals surface area (Å²) in [6, 6.07) is 3.64. The number of ether oxygens (including phenoxy) is 1. The molecule has 0 bridgehead atoms. The van der Waals surface area contributed by atoms with Crippen molar-refractivity contribution in [1.29, 1.82) is 0 Å². The number of methoxy groups -OCH3 is 1. The Morgan fingerprint density at radius 2 is 2.46 bits per heavy atom. The van der Waals surface area contributed by atoms with Gasteiger partial charge in [0.05, 0.1) is 7.11 Å². The maximum atomic E-state index is 10.5. The maximum Gasteiger partial charge on any atom is 0.180 e. The van der Waals surface area contributed by atoms with Gasteiger partial charge in [0.15, 0.2) is 17.7 Å². The zero-order valence-electron chi connectivity index (χ0n) is 7.10. The lowest BCUT2D eigenvalue weighted by Crippen LogP contribution is -1.88. The molecule has 0 aliphatic heterocycles. The second-order valence-electron chi connectivity index (χ2n) is 2.59. The first-order valence-corrected chi connectivity index (χ1v) is 3.82. The highest BCUT2D eigenvalue weighted by molar-refractivity contribution is 5.74. The first-order chi connectivity index (χ1) is 6.35. The average Bonchev–Trinajstić information content (AvgIpc) is 2.59. The fourth-order valence-corrected chi connectivity index (χ4v) is 1.22. The third kappa shape index (κ3) is 1.16. The van der Waals surface area contributed by atoms with E-state index >= 15 is 0 Å². The number of carbonyl (C=O) groups excluding carboxylic acids is 1. The highest BCUT2D eigenvalue weighted by Crippen LogP contribution is 2.17. The van der Waals surface area contributed by atoms with E-state index in [0.29, 0.717) is 23.4 Å². The molecule has 0 aliphatic rings. The molecule has 0 N–H and O–H groups in total. The Kier molecular flexibility index (Phi) is 1.73. The summed E-state index contributed by atoms with van der Waals surface area (Å²) in [6.07, 6.45) is 4.19. The summed E-state index contributed by atoms with van der Waals surface area (Å²) in [7, 11) is 1.57. The fourth-order valence-electron chi connectivity index (χ4n) is 1.22. The van der Waals surface area contributed by atoms with Crippen LogP contribution in [-0.2, 0) is 0 Å². The summed E-state index contributed by atoms with van der Waals surface area (Å²) < 4.78 is 6.84. The van der Waals surface area contributed by atoms with Gasteiger partial charge in [-0.2, -0.15) is 0 Å². The summed E-state index contributed by atoms with van der Waals surface area (Å²) in [5, 5.41) is 0. The lowest BCUT2D eigenvalue weighted by molar-refractivity contribution is 0.111. The van der Waals surface area contributed by atoms with Gasteiger partial charge >= 0.3 is 0 Å². The van der Waals surface area contributed by atoms with Crippen LogP contribution in [0, 0.1) is 0 Å². The van der Waals surface area contributed by atoms with E-state index < -0.39 is 0 Å². The summed E-state index contributed by atoms with van der Waals surface area (Å²) >= 11 is 0. The molecular formula is C9H8N2O2. The van der Waals surface area contributed by atoms with Gasteiger partial charge in [0.2, 0.25) is 0 Å². The lowest BCUT2D eigenvalue weighted by atomic mass is 10.4. The van der Waals surface area contributed by atoms with Gasteiger partial charge in [-0.1, -0.05) is 0 Å². The fraction of sp³-hybridized carbons (Fsp3) is 0.111. The van der Waals surface area contributed by atoms with Crippen LogP contribution in [0.4, 0.5) is 0 Å². The number of nitrogens with zero attached hydrogens (tertiary/aromatic N) is 2. The van der Waals surface area contributed by atoms with Crippen molar-refractivity contribution in [3.63, 3.8) is 0 Å². The highest BCUT2D eigenvalue weighted by atomic mass is 16.5. The summed E-state index contributed by atoms with van der Waals surface area (Å²) in [4.78, 5) is 14.5. The molecule has 2 heterocycles. The molecule has 0 aliphatic carbocycles. The van der Waals surface area contributed by atoms with Gasteiger partial charge in [-0.3, -0.25) is 4.79 Å². The third-order valence-corrected chi connectivity index (χ3v) is 1.81. The van der Waals surface area contributed by atoms with Crippen LogP contribution in [0.1, 0.15) is 10.5 Å². The molecule has 0 saturated carbocycles. The zero-order valence-corrected chi connectivity index (χ0v) is 7.10. The van der Waals surface area contributed by atoms with Crippen LogP contribution in [0.25, 0.3) is 5.65 Å². The highest BCUT2D eigenvalue weighted by Gasteiger charge is 2.04. The predicted octanol–water partition coefficient (Wildman–Crippen LogP) is 1.16. The largest absolute Gasteiger partial charge is 0.493 e. The van der Waals surface area contributed by atoms with Crippen molar-refractivity contribution in [2.75, 3.05) is 7.11 Å². The Balaban J connectivity index is 2.74. The number of aromatic nitrogens is 2. The molecule has 0 saturated heterocycles. The molecule has 2 aromatic heterocycles. The van der Waals surface area contributed by atoms with Crippen molar-refractivity contribution in [3.8, 4) is 5.75 Å². The Hall–Kier alpha value is -1.84. The second kappa shape index (κ2) is 2.90. The van der Waals surface area contributed by atoms with Crippen molar-refractivity contribution in [3.05, 3.63) is 30.2 Å². The maximum absolute atomic E-state index is 10.5. The van der Waals surface area contributed by atoms with Crippen LogP contribution in [0.15, 0.2) is 24.5 Å². The number of pyridine rings is 1. The quantitative estimate of drug-likeness (QED) is 0.645. The minimum atomic E-state index is 0.407. The van der Waals surface area contributed by atoms with E-state index in [4.69, 9.17) is 4.74 Å². The Labute approximate surface area is 74.8 Å². The third-order valence-electron chi connectivity index (χ3n) is 1.81. The molecule has 0 fully saturated rings. The SMILES string of the molecule is COc1cccn2cc(C=O)nc12. The molecule has 0 radical (unpaired) electrons. The molecule has 2 aromatic rings. The number of hydrogen-bond donors (Lipinski definition) is 0. The van der Waals surface area contributed by atoms with E-state index in [9.17, 15) is 4.79 Å². The summed E-state index contributed by atoms with van der Waals surface area (Å²) in [5.41, 5.74) is 1.07. The molecule has 0 amide bonds. The number of hydrogen-bond acceptors (Lipinski definition) is 3. The van der Waals surface area contributed by atoms with E-state index in [1.165, 1.54) is 0 Å². The molecule has 0 unspecified atom stereocenters. The Morgan fingerprint density at radius 3 is 3.15 bits per heavy atom. The normalized spacial score (nSPS) is 10.2. The minimum Gasteiger partial charge on any atom is -0.493 e. The van der Waals surface area contributed by atoms with Crippen LogP contribution in [-0.4, -0.2) is 22.8 Å². The molecule has 13 heavy (non-hydrogen) atoms. The van der Waals surface area contributed by atoms with Crippen LogP contribution in [0.2, 0.25) is 0 Å². The monoisotopic (exact) mass is 176 g/mol. The molecule has 66 valence electrons. The van der Waals surface area contributed by atoms with Gasteiger partial charge in [0, 0.05) is 12.4 Å².